The molecule has 0 aromatic carbocycles. The highest BCUT2D eigenvalue weighted by atomic mass is 16.5. The van der Waals surface area contributed by atoms with Crippen molar-refractivity contribution in [3.8, 4) is 0 Å². The van der Waals surface area contributed by atoms with Gasteiger partial charge in [0.1, 0.15) is 11.3 Å². The highest BCUT2D eigenvalue weighted by Crippen LogP contribution is 2.51. The average molecular weight is 314 g/mol. The number of fused-ring (bicyclic) bond motifs is 1. The van der Waals surface area contributed by atoms with Crippen molar-refractivity contribution < 1.29 is 9.84 Å². The summed E-state index contributed by atoms with van der Waals surface area (Å²) < 4.78 is 5.83. The van der Waals surface area contributed by atoms with E-state index in [1.807, 2.05) is 19.1 Å². The normalized spacial score (nSPS) is 26.4. The Hall–Kier alpha value is -1.79. The van der Waals surface area contributed by atoms with Crippen molar-refractivity contribution in [1.29, 1.82) is 0 Å². The third kappa shape index (κ3) is 2.37. The second-order valence-corrected chi connectivity index (χ2v) is 6.48. The molecule has 0 amide bonds. The fourth-order valence-electron chi connectivity index (χ4n) is 3.99. The molecule has 4 rings (SSSR count). The molecule has 6 heteroatoms. The van der Waals surface area contributed by atoms with Crippen LogP contribution in [-0.2, 0) is 4.74 Å². The molecular formula is C17H22N4O2. The van der Waals surface area contributed by atoms with Crippen LogP contribution in [0.3, 0.4) is 0 Å². The van der Waals surface area contributed by atoms with E-state index in [1.165, 1.54) is 0 Å². The van der Waals surface area contributed by atoms with Gasteiger partial charge in [0.25, 0.3) is 0 Å². The van der Waals surface area contributed by atoms with Gasteiger partial charge >= 0.3 is 0 Å². The van der Waals surface area contributed by atoms with E-state index in [0.29, 0.717) is 12.3 Å². The molecule has 1 aliphatic heterocycles. The molecule has 2 aliphatic rings. The van der Waals surface area contributed by atoms with Gasteiger partial charge in [-0.2, -0.15) is 0 Å². The number of hydrogen-bond acceptors (Lipinski definition) is 6. The van der Waals surface area contributed by atoms with Gasteiger partial charge in [0.2, 0.25) is 0 Å². The van der Waals surface area contributed by atoms with Crippen LogP contribution in [0.25, 0.3) is 11.2 Å². The number of aliphatic hydroxyl groups excluding tert-OH is 1. The van der Waals surface area contributed by atoms with E-state index in [-0.39, 0.29) is 17.6 Å². The molecule has 1 saturated heterocycles. The largest absolute Gasteiger partial charge is 0.392 e. The molecule has 2 aromatic heterocycles. The summed E-state index contributed by atoms with van der Waals surface area (Å²) in [6, 6.07) is 3.97. The van der Waals surface area contributed by atoms with Crippen LogP contribution in [0.15, 0.2) is 24.5 Å². The number of aromatic nitrogens is 3. The molecule has 3 heterocycles. The molecule has 0 radical (unpaired) electrons. The summed E-state index contributed by atoms with van der Waals surface area (Å²) >= 11 is 0. The Bertz CT molecular complexity index is 698. The molecule has 2 unspecified atom stereocenters. The lowest BCUT2D eigenvalue weighted by Gasteiger charge is -2.56. The van der Waals surface area contributed by atoms with Crippen molar-refractivity contribution in [3.05, 3.63) is 24.5 Å². The standard InChI is InChI=1S/C17H22N4O2/c1-2-23-14-11-13(22)17(14)5-9-21(10-6-17)15-4-3-12-16(20-15)19-8-7-18-12/h3-4,7-8,13-14,22H,2,5-6,9-11H2,1H3. The number of rotatable bonds is 3. The number of anilines is 1. The van der Waals surface area contributed by atoms with Gasteiger partial charge in [0, 0.05) is 43.9 Å². The van der Waals surface area contributed by atoms with E-state index in [2.05, 4.69) is 19.9 Å². The van der Waals surface area contributed by atoms with Gasteiger partial charge in [-0.15, -0.1) is 0 Å². The van der Waals surface area contributed by atoms with E-state index in [4.69, 9.17) is 4.74 Å². The van der Waals surface area contributed by atoms with Gasteiger partial charge in [-0.1, -0.05) is 0 Å². The molecule has 2 aromatic rings. The molecule has 2 atom stereocenters. The average Bonchev–Trinajstić information content (AvgIpc) is 2.61. The van der Waals surface area contributed by atoms with Crippen LogP contribution < -0.4 is 4.90 Å². The van der Waals surface area contributed by atoms with Crippen molar-refractivity contribution in [2.24, 2.45) is 5.41 Å². The van der Waals surface area contributed by atoms with Crippen molar-refractivity contribution in [2.45, 2.75) is 38.4 Å². The van der Waals surface area contributed by atoms with E-state index in [0.717, 1.165) is 43.7 Å². The van der Waals surface area contributed by atoms with E-state index < -0.39 is 0 Å². The molecule has 2 fully saturated rings. The Morgan fingerprint density at radius 3 is 2.78 bits per heavy atom. The predicted octanol–water partition coefficient (Wildman–Crippen LogP) is 1.78. The minimum atomic E-state index is -0.225. The van der Waals surface area contributed by atoms with Crippen molar-refractivity contribution in [2.75, 3.05) is 24.6 Å². The smallest absolute Gasteiger partial charge is 0.180 e. The van der Waals surface area contributed by atoms with Crippen LogP contribution in [0.1, 0.15) is 26.2 Å². The van der Waals surface area contributed by atoms with Crippen LogP contribution in [0.5, 0.6) is 0 Å². The van der Waals surface area contributed by atoms with Crippen LogP contribution in [-0.4, -0.2) is 52.0 Å². The van der Waals surface area contributed by atoms with Crippen LogP contribution >= 0.6 is 0 Å². The van der Waals surface area contributed by atoms with Gasteiger partial charge in [0.05, 0.1) is 12.2 Å². The fourth-order valence-corrected chi connectivity index (χ4v) is 3.99. The first-order valence-electron chi connectivity index (χ1n) is 8.35. The molecule has 1 saturated carbocycles. The molecule has 0 bridgehead atoms. The molecule has 6 nitrogen and oxygen atoms in total. The summed E-state index contributed by atoms with van der Waals surface area (Å²) in [5, 5.41) is 10.3. The van der Waals surface area contributed by atoms with Crippen LogP contribution in [0, 0.1) is 5.41 Å². The number of pyridine rings is 1. The Morgan fingerprint density at radius 1 is 1.26 bits per heavy atom. The predicted molar refractivity (Wildman–Crippen MR) is 87.3 cm³/mol. The lowest BCUT2D eigenvalue weighted by atomic mass is 9.58. The van der Waals surface area contributed by atoms with Gasteiger partial charge in [-0.3, -0.25) is 4.98 Å². The maximum Gasteiger partial charge on any atom is 0.180 e. The summed E-state index contributed by atoms with van der Waals surface area (Å²) in [6.07, 6.45) is 5.99. The van der Waals surface area contributed by atoms with Gasteiger partial charge < -0.3 is 14.7 Å². The number of ether oxygens (including phenoxy) is 1. The van der Waals surface area contributed by atoms with Crippen LogP contribution in [0.2, 0.25) is 0 Å². The topological polar surface area (TPSA) is 71.4 Å². The van der Waals surface area contributed by atoms with Gasteiger partial charge in [0.15, 0.2) is 5.65 Å². The summed E-state index contributed by atoms with van der Waals surface area (Å²) in [5.74, 6) is 0.939. The Balaban J connectivity index is 1.50. The molecule has 1 aliphatic carbocycles. The molecule has 1 N–H and O–H groups in total. The first kappa shape index (κ1) is 14.8. The molecule has 122 valence electrons. The summed E-state index contributed by atoms with van der Waals surface area (Å²) in [4.78, 5) is 15.4. The number of piperidine rings is 1. The summed E-state index contributed by atoms with van der Waals surface area (Å²) in [5.41, 5.74) is 1.44. The van der Waals surface area contributed by atoms with Gasteiger partial charge in [-0.05, 0) is 31.9 Å². The number of aliphatic hydroxyl groups is 1. The highest BCUT2D eigenvalue weighted by molar-refractivity contribution is 5.71. The third-order valence-electron chi connectivity index (χ3n) is 5.45. The zero-order valence-electron chi connectivity index (χ0n) is 13.4. The van der Waals surface area contributed by atoms with E-state index in [1.54, 1.807) is 12.4 Å². The Kier molecular flexibility index (Phi) is 3.66. The molecule has 1 spiro atoms. The lowest BCUT2D eigenvalue weighted by molar-refractivity contribution is -0.199. The molecular weight excluding hydrogens is 292 g/mol. The Labute approximate surface area is 135 Å². The van der Waals surface area contributed by atoms with E-state index >= 15 is 0 Å². The monoisotopic (exact) mass is 314 g/mol. The number of nitrogens with zero attached hydrogens (tertiary/aromatic N) is 4. The van der Waals surface area contributed by atoms with E-state index in [9.17, 15) is 5.11 Å². The zero-order chi connectivity index (χ0) is 15.9. The van der Waals surface area contributed by atoms with Crippen LogP contribution in [0.4, 0.5) is 5.82 Å². The lowest BCUT2D eigenvalue weighted by Crippen LogP contribution is -2.62. The van der Waals surface area contributed by atoms with Crippen molar-refractivity contribution in [3.63, 3.8) is 0 Å². The molecule has 23 heavy (non-hydrogen) atoms. The summed E-state index contributed by atoms with van der Waals surface area (Å²) in [7, 11) is 0. The first-order chi connectivity index (χ1) is 11.2. The second-order valence-electron chi connectivity index (χ2n) is 6.48. The highest BCUT2D eigenvalue weighted by Gasteiger charge is 2.56. The SMILES string of the molecule is CCOC1CC(O)C12CCN(c1ccc3nccnc3n1)CC2. The second kappa shape index (κ2) is 5.69. The quantitative estimate of drug-likeness (QED) is 0.931. The van der Waals surface area contributed by atoms with Crippen molar-refractivity contribution >= 4 is 17.0 Å². The maximum atomic E-state index is 10.3. The van der Waals surface area contributed by atoms with Gasteiger partial charge in [-0.25, -0.2) is 9.97 Å². The third-order valence-corrected chi connectivity index (χ3v) is 5.45. The Morgan fingerprint density at radius 2 is 2.04 bits per heavy atom. The minimum absolute atomic E-state index is 0.0524. The summed E-state index contributed by atoms with van der Waals surface area (Å²) in [6.45, 7) is 4.51. The fraction of sp³-hybridized carbons (Fsp3) is 0.588. The maximum absolute atomic E-state index is 10.3. The van der Waals surface area contributed by atoms with Crippen molar-refractivity contribution in [1.82, 2.24) is 15.0 Å². The first-order valence-corrected chi connectivity index (χ1v) is 8.35. The minimum Gasteiger partial charge on any atom is -0.392 e. The number of hydrogen-bond donors (Lipinski definition) is 1. The zero-order valence-corrected chi connectivity index (χ0v) is 13.4.